The Bertz CT molecular complexity index is 451. The molecule has 0 saturated carbocycles. The second-order valence-corrected chi connectivity index (χ2v) is 5.34. The third-order valence-electron chi connectivity index (χ3n) is 1.62. The summed E-state index contributed by atoms with van der Waals surface area (Å²) < 4.78 is 25.6. The number of rotatable bonds is 4. The van der Waals surface area contributed by atoms with Gasteiger partial charge in [-0.1, -0.05) is 23.2 Å². The predicted molar refractivity (Wildman–Crippen MR) is 68.0 cm³/mol. The molecule has 0 aliphatic heterocycles. The van der Waals surface area contributed by atoms with Crippen LogP contribution >= 0.6 is 35.6 Å². The van der Waals surface area contributed by atoms with Crippen LogP contribution in [0.3, 0.4) is 0 Å². The number of halogens is 3. The van der Waals surface area contributed by atoms with Gasteiger partial charge in [-0.15, -0.1) is 12.4 Å². The Morgan fingerprint density at radius 3 is 2.50 bits per heavy atom. The molecule has 0 saturated heterocycles. The maximum Gasteiger partial charge on any atom is 0.242 e. The van der Waals surface area contributed by atoms with E-state index in [9.17, 15) is 8.42 Å². The minimum atomic E-state index is -3.62. The molecule has 0 spiro atoms. The summed E-state index contributed by atoms with van der Waals surface area (Å²) in [4.78, 5) is -0.0369. The van der Waals surface area contributed by atoms with E-state index in [4.69, 9.17) is 28.9 Å². The van der Waals surface area contributed by atoms with Crippen molar-refractivity contribution in [2.75, 3.05) is 13.1 Å². The lowest BCUT2D eigenvalue weighted by Crippen LogP contribution is -2.29. The Hall–Kier alpha value is -0.0400. The molecule has 3 N–H and O–H groups in total. The Morgan fingerprint density at radius 1 is 1.31 bits per heavy atom. The minimum Gasteiger partial charge on any atom is -0.329 e. The first-order valence-electron chi connectivity index (χ1n) is 4.12. The van der Waals surface area contributed by atoms with Crippen molar-refractivity contribution in [1.29, 1.82) is 0 Å². The summed E-state index contributed by atoms with van der Waals surface area (Å²) in [5, 5.41) is 0.441. The number of benzene rings is 1. The minimum absolute atomic E-state index is 0. The van der Waals surface area contributed by atoms with Crippen molar-refractivity contribution in [3.63, 3.8) is 0 Å². The summed E-state index contributed by atoms with van der Waals surface area (Å²) in [7, 11) is -3.62. The van der Waals surface area contributed by atoms with Crippen LogP contribution in [-0.4, -0.2) is 21.5 Å². The van der Waals surface area contributed by atoms with Crippen molar-refractivity contribution in [1.82, 2.24) is 4.72 Å². The predicted octanol–water partition coefficient (Wildman–Crippen LogP) is 1.65. The molecule has 0 atom stereocenters. The van der Waals surface area contributed by atoms with Crippen LogP contribution in [-0.2, 0) is 10.0 Å². The highest BCUT2D eigenvalue weighted by atomic mass is 35.5. The summed E-state index contributed by atoms with van der Waals surface area (Å²) in [5.41, 5.74) is 5.20. The first kappa shape index (κ1) is 16.0. The van der Waals surface area contributed by atoms with Gasteiger partial charge in [-0.25, -0.2) is 13.1 Å². The van der Waals surface area contributed by atoms with Crippen molar-refractivity contribution in [2.45, 2.75) is 4.90 Å². The SMILES string of the molecule is Cl.NCCNS(=O)(=O)c1cc(Cl)ccc1Cl. The highest BCUT2D eigenvalue weighted by Crippen LogP contribution is 2.24. The molecular weight excluding hydrogens is 295 g/mol. The molecule has 16 heavy (non-hydrogen) atoms. The Balaban J connectivity index is 0.00000225. The van der Waals surface area contributed by atoms with Gasteiger partial charge >= 0.3 is 0 Å². The first-order chi connectivity index (χ1) is 6.97. The van der Waals surface area contributed by atoms with Gasteiger partial charge in [0.25, 0.3) is 0 Å². The first-order valence-corrected chi connectivity index (χ1v) is 6.36. The van der Waals surface area contributed by atoms with Crippen molar-refractivity contribution >= 4 is 45.6 Å². The normalized spacial score (nSPS) is 10.9. The van der Waals surface area contributed by atoms with E-state index >= 15 is 0 Å². The summed E-state index contributed by atoms with van der Waals surface area (Å²) in [5.74, 6) is 0. The molecule has 0 aliphatic rings. The third kappa shape index (κ3) is 4.08. The maximum absolute atomic E-state index is 11.7. The molecule has 0 amide bonds. The molecule has 92 valence electrons. The van der Waals surface area contributed by atoms with Gasteiger partial charge in [0.2, 0.25) is 10.0 Å². The molecule has 0 aliphatic carbocycles. The summed E-state index contributed by atoms with van der Waals surface area (Å²) in [6.45, 7) is 0.378. The van der Waals surface area contributed by atoms with E-state index in [1.807, 2.05) is 0 Å². The molecule has 1 rings (SSSR count). The molecule has 0 unspecified atom stereocenters. The van der Waals surface area contributed by atoms with Crippen LogP contribution in [0.25, 0.3) is 0 Å². The van der Waals surface area contributed by atoms with E-state index < -0.39 is 10.0 Å². The van der Waals surface area contributed by atoms with Crippen LogP contribution in [0.5, 0.6) is 0 Å². The van der Waals surface area contributed by atoms with Gasteiger partial charge in [-0.3, -0.25) is 0 Å². The van der Waals surface area contributed by atoms with Crippen LogP contribution in [0.15, 0.2) is 23.1 Å². The smallest absolute Gasteiger partial charge is 0.242 e. The van der Waals surface area contributed by atoms with E-state index in [1.165, 1.54) is 18.2 Å². The van der Waals surface area contributed by atoms with Crippen molar-refractivity contribution in [2.24, 2.45) is 5.73 Å². The van der Waals surface area contributed by atoms with Crippen molar-refractivity contribution in [3.8, 4) is 0 Å². The van der Waals surface area contributed by atoms with Crippen LogP contribution in [0.4, 0.5) is 0 Å². The Labute approximate surface area is 111 Å². The molecule has 0 radical (unpaired) electrons. The second kappa shape index (κ2) is 6.64. The number of hydrogen-bond acceptors (Lipinski definition) is 3. The van der Waals surface area contributed by atoms with Gasteiger partial charge in [0.05, 0.1) is 5.02 Å². The van der Waals surface area contributed by atoms with Gasteiger partial charge in [-0.05, 0) is 18.2 Å². The zero-order valence-electron chi connectivity index (χ0n) is 8.11. The Kier molecular flexibility index (Phi) is 6.62. The fraction of sp³-hybridized carbons (Fsp3) is 0.250. The largest absolute Gasteiger partial charge is 0.329 e. The summed E-state index contributed by atoms with van der Waals surface area (Å²) >= 11 is 11.4. The molecule has 8 heteroatoms. The maximum atomic E-state index is 11.7. The molecule has 4 nitrogen and oxygen atoms in total. The van der Waals surface area contributed by atoms with Crippen LogP contribution in [0.1, 0.15) is 0 Å². The van der Waals surface area contributed by atoms with E-state index in [0.29, 0.717) is 5.02 Å². The zero-order valence-corrected chi connectivity index (χ0v) is 11.3. The van der Waals surface area contributed by atoms with Crippen LogP contribution < -0.4 is 10.5 Å². The highest BCUT2D eigenvalue weighted by Gasteiger charge is 2.17. The van der Waals surface area contributed by atoms with Gasteiger partial charge < -0.3 is 5.73 Å². The lowest BCUT2D eigenvalue weighted by Gasteiger charge is -2.07. The zero-order chi connectivity index (χ0) is 11.5. The molecule has 0 heterocycles. The van der Waals surface area contributed by atoms with E-state index in [-0.39, 0.29) is 35.4 Å². The van der Waals surface area contributed by atoms with Gasteiger partial charge in [0.1, 0.15) is 4.90 Å². The van der Waals surface area contributed by atoms with Gasteiger partial charge in [0, 0.05) is 18.1 Å². The number of nitrogens with one attached hydrogen (secondary N) is 1. The monoisotopic (exact) mass is 304 g/mol. The lowest BCUT2D eigenvalue weighted by atomic mass is 10.4. The van der Waals surface area contributed by atoms with E-state index in [2.05, 4.69) is 4.72 Å². The van der Waals surface area contributed by atoms with Gasteiger partial charge in [0.15, 0.2) is 0 Å². The Morgan fingerprint density at radius 2 is 1.94 bits per heavy atom. The highest BCUT2D eigenvalue weighted by molar-refractivity contribution is 7.89. The van der Waals surface area contributed by atoms with Crippen LogP contribution in [0.2, 0.25) is 10.0 Å². The fourth-order valence-corrected chi connectivity index (χ4v) is 2.76. The molecule has 1 aromatic rings. The number of sulfonamides is 1. The molecule has 0 fully saturated rings. The van der Waals surface area contributed by atoms with Crippen LogP contribution in [0, 0.1) is 0 Å². The molecule has 0 aromatic heterocycles. The third-order valence-corrected chi connectivity index (χ3v) is 3.80. The van der Waals surface area contributed by atoms with Crippen molar-refractivity contribution < 1.29 is 8.42 Å². The standard InChI is InChI=1S/C8H10Cl2N2O2S.ClH/c9-6-1-2-7(10)8(5-6)15(13,14)12-4-3-11;/h1-2,5,12H,3-4,11H2;1H. The number of nitrogens with two attached hydrogens (primary N) is 1. The van der Waals surface area contributed by atoms with E-state index in [1.54, 1.807) is 0 Å². The molecule has 1 aromatic carbocycles. The topological polar surface area (TPSA) is 72.2 Å². The average Bonchev–Trinajstić information content (AvgIpc) is 2.18. The number of hydrogen-bond donors (Lipinski definition) is 2. The average molecular weight is 306 g/mol. The van der Waals surface area contributed by atoms with Gasteiger partial charge in [-0.2, -0.15) is 0 Å². The fourth-order valence-electron chi connectivity index (χ4n) is 0.954. The summed E-state index contributed by atoms with van der Waals surface area (Å²) in [6.07, 6.45) is 0. The quantitative estimate of drug-likeness (QED) is 0.888. The second-order valence-electron chi connectivity index (χ2n) is 2.76. The summed E-state index contributed by atoms with van der Waals surface area (Å²) in [6, 6.07) is 4.25. The molecule has 0 bridgehead atoms. The van der Waals surface area contributed by atoms with E-state index in [0.717, 1.165) is 0 Å². The van der Waals surface area contributed by atoms with Crippen molar-refractivity contribution in [3.05, 3.63) is 28.2 Å². The lowest BCUT2D eigenvalue weighted by molar-refractivity contribution is 0.582. The molecular formula is C8H11Cl3N2O2S.